The molecule has 0 fully saturated rings. The molecule has 0 radical (unpaired) electrons. The van der Waals surface area contributed by atoms with Gasteiger partial charge in [0.1, 0.15) is 17.7 Å². The van der Waals surface area contributed by atoms with E-state index in [1.54, 1.807) is 0 Å². The van der Waals surface area contributed by atoms with Crippen molar-refractivity contribution in [2.24, 2.45) is 0 Å². The van der Waals surface area contributed by atoms with Gasteiger partial charge in [-0.15, -0.1) is 11.8 Å². The van der Waals surface area contributed by atoms with Crippen LogP contribution in [-0.2, 0) is 9.59 Å². The van der Waals surface area contributed by atoms with Gasteiger partial charge in [0, 0.05) is 11.0 Å². The Labute approximate surface area is 111 Å². The third-order valence-electron chi connectivity index (χ3n) is 2.07. The van der Waals surface area contributed by atoms with Crippen molar-refractivity contribution >= 4 is 23.6 Å². The molecule has 0 aliphatic heterocycles. The Hall–Kier alpha value is -1.67. The zero-order chi connectivity index (χ0) is 14.4. The van der Waals surface area contributed by atoms with E-state index < -0.39 is 36.2 Å². The number of hydrogen-bond acceptors (Lipinski definition) is 4. The average Bonchev–Trinajstić information content (AvgIpc) is 2.34. The zero-order valence-corrected chi connectivity index (χ0v) is 10.4. The van der Waals surface area contributed by atoms with E-state index in [2.05, 4.69) is 5.32 Å². The molecule has 0 saturated heterocycles. The van der Waals surface area contributed by atoms with E-state index in [1.807, 2.05) is 0 Å². The number of carboxylic acid groups (broad SMARTS) is 1. The molecular formula is C11H11F2NO4S. The second kappa shape index (κ2) is 7.05. The van der Waals surface area contributed by atoms with Gasteiger partial charge in [0.25, 0.3) is 0 Å². The second-order valence-corrected chi connectivity index (χ2v) is 4.52. The predicted octanol–water partition coefficient (Wildman–Crippen LogP) is 0.619. The molecule has 0 heterocycles. The van der Waals surface area contributed by atoms with Gasteiger partial charge in [-0.3, -0.25) is 4.79 Å². The molecule has 0 aliphatic carbocycles. The molecule has 0 aliphatic rings. The second-order valence-electron chi connectivity index (χ2n) is 3.50. The van der Waals surface area contributed by atoms with Gasteiger partial charge < -0.3 is 15.5 Å². The Morgan fingerprint density at radius 3 is 2.58 bits per heavy atom. The lowest BCUT2D eigenvalue weighted by Gasteiger charge is -2.11. The van der Waals surface area contributed by atoms with Gasteiger partial charge in [0.2, 0.25) is 5.91 Å². The molecule has 0 aromatic heterocycles. The SMILES string of the molecule is O=C(CSc1ccc(F)cc1F)NC(CO)C(=O)O. The summed E-state index contributed by atoms with van der Waals surface area (Å²) in [6.07, 6.45) is 0. The van der Waals surface area contributed by atoms with E-state index in [0.717, 1.165) is 17.8 Å². The molecular weight excluding hydrogens is 280 g/mol. The fourth-order valence-electron chi connectivity index (χ4n) is 1.16. The van der Waals surface area contributed by atoms with E-state index in [1.165, 1.54) is 6.07 Å². The minimum absolute atomic E-state index is 0.0763. The number of aliphatic hydroxyl groups excluding tert-OH is 1. The minimum atomic E-state index is -1.40. The van der Waals surface area contributed by atoms with E-state index in [4.69, 9.17) is 10.2 Å². The molecule has 5 nitrogen and oxygen atoms in total. The maximum atomic E-state index is 13.2. The van der Waals surface area contributed by atoms with Gasteiger partial charge in [-0.2, -0.15) is 0 Å². The number of aliphatic carboxylic acids is 1. The molecule has 1 atom stereocenters. The molecule has 0 spiro atoms. The molecule has 104 valence electrons. The molecule has 1 aromatic rings. The number of nitrogens with one attached hydrogen (secondary N) is 1. The Morgan fingerprint density at radius 1 is 1.37 bits per heavy atom. The summed E-state index contributed by atoms with van der Waals surface area (Å²) in [6, 6.07) is 1.53. The first-order valence-electron chi connectivity index (χ1n) is 5.15. The van der Waals surface area contributed by atoms with Gasteiger partial charge in [-0.1, -0.05) is 0 Å². The predicted molar refractivity (Wildman–Crippen MR) is 63.7 cm³/mol. The van der Waals surface area contributed by atoms with Crippen LogP contribution >= 0.6 is 11.8 Å². The van der Waals surface area contributed by atoms with Crippen LogP contribution in [0.1, 0.15) is 0 Å². The number of benzene rings is 1. The minimum Gasteiger partial charge on any atom is -0.480 e. The summed E-state index contributed by atoms with van der Waals surface area (Å²) in [7, 11) is 0. The molecule has 0 bridgehead atoms. The summed E-state index contributed by atoms with van der Waals surface area (Å²) in [5.74, 6) is -3.80. The lowest BCUT2D eigenvalue weighted by atomic mass is 10.3. The molecule has 0 saturated carbocycles. The lowest BCUT2D eigenvalue weighted by Crippen LogP contribution is -2.44. The molecule has 19 heavy (non-hydrogen) atoms. The summed E-state index contributed by atoms with van der Waals surface area (Å²) in [4.78, 5) is 22.0. The molecule has 8 heteroatoms. The van der Waals surface area contributed by atoms with Crippen molar-refractivity contribution in [2.45, 2.75) is 10.9 Å². The van der Waals surface area contributed by atoms with Crippen LogP contribution < -0.4 is 5.32 Å². The van der Waals surface area contributed by atoms with Crippen molar-refractivity contribution in [3.63, 3.8) is 0 Å². The third kappa shape index (κ3) is 4.84. The van der Waals surface area contributed by atoms with Crippen molar-refractivity contribution in [3.05, 3.63) is 29.8 Å². The Kier molecular flexibility index (Phi) is 5.71. The number of hydrogen-bond donors (Lipinski definition) is 3. The lowest BCUT2D eigenvalue weighted by molar-refractivity contribution is -0.142. The molecule has 3 N–H and O–H groups in total. The number of rotatable bonds is 6. The third-order valence-corrected chi connectivity index (χ3v) is 3.12. The van der Waals surface area contributed by atoms with Crippen molar-refractivity contribution in [1.29, 1.82) is 0 Å². The van der Waals surface area contributed by atoms with Crippen molar-refractivity contribution in [3.8, 4) is 0 Å². The number of carbonyl (C=O) groups excluding carboxylic acids is 1. The highest BCUT2D eigenvalue weighted by Gasteiger charge is 2.18. The van der Waals surface area contributed by atoms with Crippen LogP contribution in [0.15, 0.2) is 23.1 Å². The van der Waals surface area contributed by atoms with Crippen LogP contribution in [0.25, 0.3) is 0 Å². The van der Waals surface area contributed by atoms with Gasteiger partial charge in [-0.25, -0.2) is 13.6 Å². The van der Waals surface area contributed by atoms with E-state index >= 15 is 0 Å². The standard InChI is InChI=1S/C11H11F2NO4S/c12-6-1-2-9(7(13)3-6)19-5-10(16)14-8(4-15)11(17)18/h1-3,8,15H,4-5H2,(H,14,16)(H,17,18). The van der Waals surface area contributed by atoms with Crippen LogP contribution in [0.4, 0.5) is 8.78 Å². The quantitative estimate of drug-likeness (QED) is 0.669. The number of carbonyl (C=O) groups is 2. The van der Waals surface area contributed by atoms with Gasteiger partial charge >= 0.3 is 5.97 Å². The highest BCUT2D eigenvalue weighted by atomic mass is 32.2. The maximum Gasteiger partial charge on any atom is 0.328 e. The fraction of sp³-hybridized carbons (Fsp3) is 0.273. The first-order valence-corrected chi connectivity index (χ1v) is 6.13. The number of halogens is 2. The highest BCUT2D eigenvalue weighted by molar-refractivity contribution is 8.00. The number of carboxylic acids is 1. The Morgan fingerprint density at radius 2 is 2.05 bits per heavy atom. The zero-order valence-electron chi connectivity index (χ0n) is 9.60. The first kappa shape index (κ1) is 15.4. The van der Waals surface area contributed by atoms with Crippen LogP contribution in [0, 0.1) is 11.6 Å². The van der Waals surface area contributed by atoms with Gasteiger partial charge in [0.15, 0.2) is 0 Å². The summed E-state index contributed by atoms with van der Waals surface area (Å²) in [5, 5.41) is 19.4. The van der Waals surface area contributed by atoms with Crippen molar-refractivity contribution in [1.82, 2.24) is 5.32 Å². The largest absolute Gasteiger partial charge is 0.480 e. The summed E-state index contributed by atoms with van der Waals surface area (Å²) in [5.41, 5.74) is 0. The average molecular weight is 291 g/mol. The smallest absolute Gasteiger partial charge is 0.328 e. The van der Waals surface area contributed by atoms with Crippen LogP contribution in [0.5, 0.6) is 0 Å². The van der Waals surface area contributed by atoms with Gasteiger partial charge in [-0.05, 0) is 12.1 Å². The van der Waals surface area contributed by atoms with Crippen LogP contribution in [0.3, 0.4) is 0 Å². The molecule has 1 rings (SSSR count). The van der Waals surface area contributed by atoms with Crippen molar-refractivity contribution in [2.75, 3.05) is 12.4 Å². The summed E-state index contributed by atoms with van der Waals surface area (Å²) >= 11 is 0.800. The Balaban J connectivity index is 2.52. The fourth-order valence-corrected chi connectivity index (χ4v) is 1.89. The van der Waals surface area contributed by atoms with Gasteiger partial charge in [0.05, 0.1) is 12.4 Å². The topological polar surface area (TPSA) is 86.6 Å². The molecule has 1 amide bonds. The normalized spacial score (nSPS) is 11.9. The highest BCUT2D eigenvalue weighted by Crippen LogP contribution is 2.21. The van der Waals surface area contributed by atoms with Crippen LogP contribution in [-0.4, -0.2) is 40.5 Å². The molecule has 1 aromatic carbocycles. The van der Waals surface area contributed by atoms with Crippen LogP contribution in [0.2, 0.25) is 0 Å². The first-order chi connectivity index (χ1) is 8.93. The monoisotopic (exact) mass is 291 g/mol. The summed E-state index contributed by atoms with van der Waals surface area (Å²) < 4.78 is 25.9. The van der Waals surface area contributed by atoms with E-state index in [0.29, 0.717) is 6.07 Å². The number of aliphatic hydroxyl groups is 1. The van der Waals surface area contributed by atoms with Crippen molar-refractivity contribution < 1.29 is 28.6 Å². The van der Waals surface area contributed by atoms with E-state index in [9.17, 15) is 18.4 Å². The Bertz CT molecular complexity index is 484. The van der Waals surface area contributed by atoms with E-state index in [-0.39, 0.29) is 10.6 Å². The maximum absolute atomic E-state index is 13.2. The number of amides is 1. The number of thioether (sulfide) groups is 1. The summed E-state index contributed by atoms with van der Waals surface area (Å²) in [6.45, 7) is -0.739. The molecule has 1 unspecified atom stereocenters.